The molecule has 0 spiro atoms. The number of carbonyl (C=O) groups is 2. The lowest BCUT2D eigenvalue weighted by molar-refractivity contribution is -0.155. The Hall–Kier alpha value is -1.84. The van der Waals surface area contributed by atoms with Gasteiger partial charge < -0.3 is 9.64 Å². The molecule has 0 aliphatic heterocycles. The summed E-state index contributed by atoms with van der Waals surface area (Å²) in [5.74, 6) is -0.330. The second-order valence-corrected chi connectivity index (χ2v) is 6.14. The third-order valence-electron chi connectivity index (χ3n) is 3.13. The highest BCUT2D eigenvalue weighted by atomic mass is 16.6. The predicted octanol–water partition coefficient (Wildman–Crippen LogP) is 3.33. The maximum absolute atomic E-state index is 11.8. The maximum Gasteiger partial charge on any atom is 0.308 e. The Kier molecular flexibility index (Phi) is 5.94. The molecule has 1 rings (SSSR count). The van der Waals surface area contributed by atoms with Crippen LogP contribution in [-0.4, -0.2) is 28.9 Å². The Morgan fingerprint density at radius 3 is 2.24 bits per heavy atom. The number of nitrogens with zero attached hydrogens (tertiary/aromatic N) is 1. The number of carbonyl (C=O) groups excluding carboxylic acids is 2. The molecule has 0 bridgehead atoms. The molecule has 4 heteroatoms. The molecule has 0 heterocycles. The van der Waals surface area contributed by atoms with Gasteiger partial charge in [-0.1, -0.05) is 30.3 Å². The number of benzene rings is 1. The van der Waals surface area contributed by atoms with Crippen molar-refractivity contribution < 1.29 is 14.3 Å². The normalized spacial score (nSPS) is 12.6. The van der Waals surface area contributed by atoms with E-state index in [1.807, 2.05) is 58.0 Å². The van der Waals surface area contributed by atoms with Gasteiger partial charge in [0.05, 0.1) is 12.5 Å². The molecule has 4 nitrogen and oxygen atoms in total. The van der Waals surface area contributed by atoms with Crippen LogP contribution in [0.3, 0.4) is 0 Å². The van der Waals surface area contributed by atoms with Gasteiger partial charge in [-0.15, -0.1) is 0 Å². The van der Waals surface area contributed by atoms with Crippen LogP contribution in [0.1, 0.15) is 52.6 Å². The number of ether oxygens (including phenoxy) is 1. The van der Waals surface area contributed by atoms with Crippen LogP contribution >= 0.6 is 0 Å². The molecule has 0 N–H and O–H groups in total. The van der Waals surface area contributed by atoms with Gasteiger partial charge in [0, 0.05) is 13.5 Å². The minimum Gasteiger partial charge on any atom is -0.460 e. The van der Waals surface area contributed by atoms with Gasteiger partial charge in [-0.05, 0) is 33.3 Å². The molecule has 116 valence electrons. The first kappa shape index (κ1) is 17.2. The first-order chi connectivity index (χ1) is 9.70. The monoisotopic (exact) mass is 291 g/mol. The van der Waals surface area contributed by atoms with Crippen LogP contribution in [0.2, 0.25) is 0 Å². The lowest BCUT2D eigenvalue weighted by Crippen LogP contribution is -2.34. The second kappa shape index (κ2) is 7.25. The van der Waals surface area contributed by atoms with Crippen molar-refractivity contribution in [3.63, 3.8) is 0 Å². The highest BCUT2D eigenvalue weighted by Crippen LogP contribution is 2.20. The zero-order valence-electron chi connectivity index (χ0n) is 13.6. The Bertz CT molecular complexity index is 477. The summed E-state index contributed by atoms with van der Waals surface area (Å²) in [4.78, 5) is 25.3. The van der Waals surface area contributed by atoms with Gasteiger partial charge in [-0.25, -0.2) is 0 Å². The SMILES string of the molecule is CC(=O)N(CCC(=O)OC(C)(C)C)[C@@H](C)c1ccccc1. The van der Waals surface area contributed by atoms with E-state index in [0.29, 0.717) is 6.54 Å². The van der Waals surface area contributed by atoms with Crippen LogP contribution in [-0.2, 0) is 14.3 Å². The van der Waals surface area contributed by atoms with Crippen molar-refractivity contribution in [2.45, 2.75) is 52.7 Å². The summed E-state index contributed by atoms with van der Waals surface area (Å²) in [6.07, 6.45) is 0.202. The summed E-state index contributed by atoms with van der Waals surface area (Å²) in [7, 11) is 0. The van der Waals surface area contributed by atoms with E-state index in [1.54, 1.807) is 4.90 Å². The fourth-order valence-corrected chi connectivity index (χ4v) is 2.14. The van der Waals surface area contributed by atoms with Crippen LogP contribution < -0.4 is 0 Å². The molecule has 1 amide bonds. The fraction of sp³-hybridized carbons (Fsp3) is 0.529. The zero-order chi connectivity index (χ0) is 16.0. The van der Waals surface area contributed by atoms with E-state index >= 15 is 0 Å². The average molecular weight is 291 g/mol. The van der Waals surface area contributed by atoms with Crippen LogP contribution in [0, 0.1) is 0 Å². The van der Waals surface area contributed by atoms with E-state index in [0.717, 1.165) is 5.56 Å². The minimum atomic E-state index is -0.497. The summed E-state index contributed by atoms with van der Waals surface area (Å²) in [5, 5.41) is 0. The highest BCUT2D eigenvalue weighted by Gasteiger charge is 2.21. The van der Waals surface area contributed by atoms with E-state index in [2.05, 4.69) is 0 Å². The van der Waals surface area contributed by atoms with Crippen molar-refractivity contribution in [2.24, 2.45) is 0 Å². The lowest BCUT2D eigenvalue weighted by Gasteiger charge is -2.29. The summed E-state index contributed by atoms with van der Waals surface area (Å²) in [6.45, 7) is 9.35. The molecule has 0 aromatic heterocycles. The van der Waals surface area contributed by atoms with Crippen molar-refractivity contribution in [2.75, 3.05) is 6.54 Å². The van der Waals surface area contributed by atoms with Crippen molar-refractivity contribution in [1.29, 1.82) is 0 Å². The summed E-state index contributed by atoms with van der Waals surface area (Å²) in [5.41, 5.74) is 0.556. The molecule has 0 radical (unpaired) electrons. The molecule has 0 saturated heterocycles. The van der Waals surface area contributed by atoms with E-state index in [4.69, 9.17) is 4.74 Å². The van der Waals surface area contributed by atoms with Gasteiger partial charge in [0.1, 0.15) is 5.60 Å². The van der Waals surface area contributed by atoms with Crippen molar-refractivity contribution >= 4 is 11.9 Å². The number of amides is 1. The number of esters is 1. The fourth-order valence-electron chi connectivity index (χ4n) is 2.14. The molecule has 0 aliphatic carbocycles. The molecule has 21 heavy (non-hydrogen) atoms. The summed E-state index contributed by atoms with van der Waals surface area (Å²) in [6, 6.07) is 9.72. The van der Waals surface area contributed by atoms with Gasteiger partial charge in [0.15, 0.2) is 0 Å². The molecular weight excluding hydrogens is 266 g/mol. The Balaban J connectivity index is 2.67. The van der Waals surface area contributed by atoms with Gasteiger partial charge in [-0.2, -0.15) is 0 Å². The Labute approximate surface area is 127 Å². The van der Waals surface area contributed by atoms with E-state index < -0.39 is 5.60 Å². The zero-order valence-corrected chi connectivity index (χ0v) is 13.6. The quantitative estimate of drug-likeness (QED) is 0.782. The van der Waals surface area contributed by atoms with Crippen molar-refractivity contribution in [3.05, 3.63) is 35.9 Å². The van der Waals surface area contributed by atoms with Gasteiger partial charge in [-0.3, -0.25) is 9.59 Å². The Morgan fingerprint density at radius 2 is 1.76 bits per heavy atom. The number of rotatable bonds is 5. The summed E-state index contributed by atoms with van der Waals surface area (Å²) < 4.78 is 5.28. The Morgan fingerprint density at radius 1 is 1.19 bits per heavy atom. The molecule has 0 aliphatic rings. The predicted molar refractivity (Wildman–Crippen MR) is 82.7 cm³/mol. The molecule has 1 atom stereocenters. The largest absolute Gasteiger partial charge is 0.460 e. The van der Waals surface area contributed by atoms with Gasteiger partial charge in [0.2, 0.25) is 5.91 Å². The molecule has 1 aromatic rings. The first-order valence-electron chi connectivity index (χ1n) is 7.24. The minimum absolute atomic E-state index is 0.0464. The third-order valence-corrected chi connectivity index (χ3v) is 3.13. The average Bonchev–Trinajstić information content (AvgIpc) is 2.37. The standard InChI is InChI=1S/C17H25NO3/c1-13(15-9-7-6-8-10-15)18(14(2)19)12-11-16(20)21-17(3,4)5/h6-10,13H,11-12H2,1-5H3/t13-/m0/s1. The topological polar surface area (TPSA) is 46.6 Å². The van der Waals surface area contributed by atoms with Crippen molar-refractivity contribution in [3.8, 4) is 0 Å². The van der Waals surface area contributed by atoms with Crippen LogP contribution in [0.15, 0.2) is 30.3 Å². The first-order valence-corrected chi connectivity index (χ1v) is 7.24. The third kappa shape index (κ3) is 5.98. The molecule has 0 fully saturated rings. The molecular formula is C17H25NO3. The number of hydrogen-bond acceptors (Lipinski definition) is 3. The van der Waals surface area contributed by atoms with Crippen molar-refractivity contribution in [1.82, 2.24) is 4.90 Å². The second-order valence-electron chi connectivity index (χ2n) is 6.14. The van der Waals surface area contributed by atoms with Gasteiger partial charge in [0.25, 0.3) is 0 Å². The molecule has 1 aromatic carbocycles. The van der Waals surface area contributed by atoms with Crippen LogP contribution in [0.5, 0.6) is 0 Å². The molecule has 0 saturated carbocycles. The van der Waals surface area contributed by atoms with E-state index in [9.17, 15) is 9.59 Å². The summed E-state index contributed by atoms with van der Waals surface area (Å²) >= 11 is 0. The smallest absolute Gasteiger partial charge is 0.308 e. The maximum atomic E-state index is 11.8. The van der Waals surface area contributed by atoms with Gasteiger partial charge >= 0.3 is 5.97 Å². The lowest BCUT2D eigenvalue weighted by atomic mass is 10.1. The highest BCUT2D eigenvalue weighted by molar-refractivity contribution is 5.75. The van der Waals surface area contributed by atoms with Crippen LogP contribution in [0.4, 0.5) is 0 Å². The van der Waals surface area contributed by atoms with E-state index in [-0.39, 0.29) is 24.3 Å². The number of hydrogen-bond donors (Lipinski definition) is 0. The molecule has 0 unspecified atom stereocenters. The van der Waals surface area contributed by atoms with E-state index in [1.165, 1.54) is 6.92 Å². The van der Waals surface area contributed by atoms with Crippen LogP contribution in [0.25, 0.3) is 0 Å².